The Morgan fingerprint density at radius 2 is 1.79 bits per heavy atom. The maximum absolute atomic E-state index is 12.9. The van der Waals surface area contributed by atoms with Crippen LogP contribution in [-0.2, 0) is 15.8 Å². The lowest BCUT2D eigenvalue weighted by Crippen LogP contribution is -2.59. The van der Waals surface area contributed by atoms with E-state index in [1.165, 1.54) is 12.1 Å². The molecular weight excluding hydrogens is 387 g/mol. The summed E-state index contributed by atoms with van der Waals surface area (Å²) in [6.45, 7) is 5.32. The van der Waals surface area contributed by atoms with Crippen LogP contribution in [0.4, 0.5) is 29.3 Å². The number of imide groups is 2. The fourth-order valence-corrected chi connectivity index (χ4v) is 2.96. The van der Waals surface area contributed by atoms with Crippen LogP contribution in [0.1, 0.15) is 11.1 Å². The summed E-state index contributed by atoms with van der Waals surface area (Å²) < 4.78 is 38.7. The van der Waals surface area contributed by atoms with E-state index >= 15 is 0 Å². The summed E-state index contributed by atoms with van der Waals surface area (Å²) in [4.78, 5) is 38.3. The Labute approximate surface area is 164 Å². The quantitative estimate of drug-likeness (QED) is 0.761. The number of nitrogens with zero attached hydrogens (tertiary/aromatic N) is 1. The third kappa shape index (κ3) is 3.98. The number of halogens is 3. The Balaban J connectivity index is 1.88. The van der Waals surface area contributed by atoms with E-state index in [9.17, 15) is 27.6 Å². The van der Waals surface area contributed by atoms with Gasteiger partial charge in [0.15, 0.2) is 5.92 Å². The first-order valence-corrected chi connectivity index (χ1v) is 8.47. The molecule has 1 atom stereocenters. The molecule has 1 aliphatic rings. The minimum Gasteiger partial charge on any atom is -0.358 e. The van der Waals surface area contributed by atoms with Crippen molar-refractivity contribution in [2.24, 2.45) is 5.92 Å². The predicted molar refractivity (Wildman–Crippen MR) is 99.9 cm³/mol. The highest BCUT2D eigenvalue weighted by Crippen LogP contribution is 2.32. The van der Waals surface area contributed by atoms with E-state index in [0.29, 0.717) is 11.3 Å². The van der Waals surface area contributed by atoms with Crippen LogP contribution < -0.4 is 15.5 Å². The van der Waals surface area contributed by atoms with Crippen LogP contribution in [0.15, 0.2) is 60.8 Å². The van der Waals surface area contributed by atoms with Crippen LogP contribution in [0.3, 0.4) is 0 Å². The molecule has 150 valence electrons. The van der Waals surface area contributed by atoms with Gasteiger partial charge < -0.3 is 5.32 Å². The highest BCUT2D eigenvalue weighted by molar-refractivity contribution is 6.29. The van der Waals surface area contributed by atoms with E-state index in [-0.39, 0.29) is 11.4 Å². The van der Waals surface area contributed by atoms with Crippen molar-refractivity contribution in [3.63, 3.8) is 0 Å². The van der Waals surface area contributed by atoms with Crippen molar-refractivity contribution in [2.45, 2.75) is 13.1 Å². The molecule has 0 saturated carbocycles. The Morgan fingerprint density at radius 1 is 1.10 bits per heavy atom. The molecule has 1 heterocycles. The highest BCUT2D eigenvalue weighted by atomic mass is 19.4. The number of barbiturate groups is 1. The predicted octanol–water partition coefficient (Wildman–Crippen LogP) is 3.84. The summed E-state index contributed by atoms with van der Waals surface area (Å²) in [6, 6.07) is 9.94. The zero-order valence-corrected chi connectivity index (χ0v) is 15.2. The molecule has 2 N–H and O–H groups in total. The van der Waals surface area contributed by atoms with Gasteiger partial charge in [-0.05, 0) is 36.8 Å². The summed E-state index contributed by atoms with van der Waals surface area (Å²) in [5.41, 5.74) is -0.131. The normalized spacial score (nSPS) is 17.2. The molecule has 3 rings (SSSR count). The Morgan fingerprint density at radius 3 is 2.45 bits per heavy atom. The number of urea groups is 1. The molecule has 0 radical (unpaired) electrons. The second-order valence-corrected chi connectivity index (χ2v) is 6.42. The van der Waals surface area contributed by atoms with Crippen LogP contribution in [0.2, 0.25) is 0 Å². The Bertz CT molecular complexity index is 1020. The Kier molecular flexibility index (Phi) is 5.15. The largest absolute Gasteiger partial charge is 0.416 e. The zero-order valence-electron chi connectivity index (χ0n) is 15.2. The first-order chi connectivity index (χ1) is 13.6. The standard InChI is InChI=1S/C20H16F3N3O3/c1-11-6-3-4-9-15(11)26-18(28)16(17(27)25-19(26)29)12(2)24-14-8-5-7-13(10-14)20(21,22)23/h3-10,16,24H,2H2,1H3,(H,25,27,29)/t16-/m1/s1. The molecule has 0 aromatic heterocycles. The van der Waals surface area contributed by atoms with Gasteiger partial charge in [-0.3, -0.25) is 14.9 Å². The minimum atomic E-state index is -4.55. The topological polar surface area (TPSA) is 78.5 Å². The molecule has 1 aliphatic heterocycles. The van der Waals surface area contributed by atoms with Crippen LogP contribution in [0.25, 0.3) is 0 Å². The number of anilines is 2. The van der Waals surface area contributed by atoms with Gasteiger partial charge in [0.05, 0.1) is 11.3 Å². The monoisotopic (exact) mass is 403 g/mol. The number of aryl methyl sites for hydroxylation is 1. The number of carbonyl (C=O) groups is 3. The summed E-state index contributed by atoms with van der Waals surface area (Å²) in [7, 11) is 0. The molecule has 29 heavy (non-hydrogen) atoms. The van der Waals surface area contributed by atoms with Gasteiger partial charge in [-0.2, -0.15) is 13.2 Å². The van der Waals surface area contributed by atoms with Crippen LogP contribution >= 0.6 is 0 Å². The van der Waals surface area contributed by atoms with E-state index in [2.05, 4.69) is 17.2 Å². The molecular formula is C20H16F3N3O3. The molecule has 0 bridgehead atoms. The van der Waals surface area contributed by atoms with E-state index in [0.717, 1.165) is 17.0 Å². The lowest BCUT2D eigenvalue weighted by molar-refractivity contribution is -0.137. The summed E-state index contributed by atoms with van der Waals surface area (Å²) in [5, 5.41) is 4.66. The number of para-hydroxylation sites is 1. The number of alkyl halides is 3. The van der Waals surface area contributed by atoms with Gasteiger partial charge in [0.1, 0.15) is 0 Å². The summed E-state index contributed by atoms with van der Waals surface area (Å²) in [6.07, 6.45) is -4.55. The van der Waals surface area contributed by atoms with E-state index in [4.69, 9.17) is 0 Å². The summed E-state index contributed by atoms with van der Waals surface area (Å²) in [5.74, 6) is -3.26. The maximum atomic E-state index is 12.9. The summed E-state index contributed by atoms with van der Waals surface area (Å²) >= 11 is 0. The third-order valence-corrected chi connectivity index (χ3v) is 4.36. The van der Waals surface area contributed by atoms with Crippen molar-refractivity contribution in [2.75, 3.05) is 10.2 Å². The fourth-order valence-electron chi connectivity index (χ4n) is 2.96. The molecule has 1 fully saturated rings. The molecule has 0 spiro atoms. The number of carbonyl (C=O) groups excluding carboxylic acids is 3. The van der Waals surface area contributed by atoms with E-state index in [1.54, 1.807) is 31.2 Å². The zero-order chi connectivity index (χ0) is 21.3. The molecule has 2 aromatic carbocycles. The average molecular weight is 403 g/mol. The lowest BCUT2D eigenvalue weighted by Gasteiger charge is -2.32. The van der Waals surface area contributed by atoms with Crippen molar-refractivity contribution in [1.82, 2.24) is 5.32 Å². The van der Waals surface area contributed by atoms with Crippen molar-refractivity contribution in [3.8, 4) is 0 Å². The first-order valence-electron chi connectivity index (χ1n) is 8.47. The van der Waals surface area contributed by atoms with Crippen molar-refractivity contribution >= 4 is 29.2 Å². The van der Waals surface area contributed by atoms with Crippen molar-refractivity contribution < 1.29 is 27.6 Å². The second-order valence-electron chi connectivity index (χ2n) is 6.42. The minimum absolute atomic E-state index is 0.00441. The van der Waals surface area contributed by atoms with E-state index in [1.807, 2.05) is 0 Å². The molecule has 9 heteroatoms. The van der Waals surface area contributed by atoms with Crippen LogP contribution in [0, 0.1) is 12.8 Å². The SMILES string of the molecule is C=C(Nc1cccc(C(F)(F)F)c1)[C@@H]1C(=O)NC(=O)N(c2ccccc2C)C1=O. The number of amides is 4. The number of nitrogens with one attached hydrogen (secondary N) is 2. The number of benzene rings is 2. The average Bonchev–Trinajstić information content (AvgIpc) is 2.62. The Hall–Kier alpha value is -3.62. The molecule has 1 saturated heterocycles. The fraction of sp³-hybridized carbons (Fsp3) is 0.150. The molecule has 0 aliphatic carbocycles. The van der Waals surface area contributed by atoms with Gasteiger partial charge in [-0.15, -0.1) is 0 Å². The third-order valence-electron chi connectivity index (χ3n) is 4.36. The van der Waals surface area contributed by atoms with E-state index < -0.39 is 35.5 Å². The van der Waals surface area contributed by atoms with Gasteiger partial charge in [-0.1, -0.05) is 30.8 Å². The maximum Gasteiger partial charge on any atom is 0.416 e. The number of rotatable bonds is 4. The van der Waals surface area contributed by atoms with Gasteiger partial charge in [0, 0.05) is 11.4 Å². The molecule has 2 aromatic rings. The van der Waals surface area contributed by atoms with Crippen molar-refractivity contribution in [1.29, 1.82) is 0 Å². The highest BCUT2D eigenvalue weighted by Gasteiger charge is 2.43. The number of hydrogen-bond donors (Lipinski definition) is 2. The van der Waals surface area contributed by atoms with Gasteiger partial charge in [0.25, 0.3) is 5.91 Å². The smallest absolute Gasteiger partial charge is 0.358 e. The van der Waals surface area contributed by atoms with Gasteiger partial charge >= 0.3 is 12.2 Å². The van der Waals surface area contributed by atoms with Crippen LogP contribution in [0.5, 0.6) is 0 Å². The lowest BCUT2D eigenvalue weighted by atomic mass is 9.99. The van der Waals surface area contributed by atoms with Crippen LogP contribution in [-0.4, -0.2) is 17.8 Å². The number of hydrogen-bond acceptors (Lipinski definition) is 4. The van der Waals surface area contributed by atoms with Gasteiger partial charge in [-0.25, -0.2) is 9.69 Å². The first kappa shape index (κ1) is 20.1. The molecule has 0 unspecified atom stereocenters. The van der Waals surface area contributed by atoms with Gasteiger partial charge in [0.2, 0.25) is 5.91 Å². The van der Waals surface area contributed by atoms with Crippen molar-refractivity contribution in [3.05, 3.63) is 71.9 Å². The molecule has 6 nitrogen and oxygen atoms in total. The second kappa shape index (κ2) is 7.42. The molecule has 4 amide bonds.